The lowest BCUT2D eigenvalue weighted by Gasteiger charge is -2.09. The molecule has 0 saturated carbocycles. The normalized spacial score (nSPS) is 10.7. The summed E-state index contributed by atoms with van der Waals surface area (Å²) in [7, 11) is 0. The van der Waals surface area contributed by atoms with Crippen LogP contribution in [0.3, 0.4) is 0 Å². The minimum atomic E-state index is 0.902. The summed E-state index contributed by atoms with van der Waals surface area (Å²) in [5, 5.41) is 1.80. The smallest absolute Gasteiger partial charge is 0.0283 e. The molecule has 2 heteroatoms. The summed E-state index contributed by atoms with van der Waals surface area (Å²) < 4.78 is 0. The number of aryl methyl sites for hydroxylation is 2. The average molecular weight is 368 g/mol. The third-order valence-corrected chi connectivity index (χ3v) is 4.21. The lowest BCUT2D eigenvalue weighted by molar-refractivity contribution is 1.34. The van der Waals surface area contributed by atoms with Crippen LogP contribution < -0.4 is 0 Å². The number of halogens is 2. The average Bonchev–Trinajstić information content (AvgIpc) is 2.37. The van der Waals surface area contributed by atoms with Crippen molar-refractivity contribution < 1.29 is 0 Å². The van der Waals surface area contributed by atoms with Gasteiger partial charge in [0.05, 0.1) is 0 Å². The summed E-state index contributed by atoms with van der Waals surface area (Å²) in [6, 6.07) is 13.5. The van der Waals surface area contributed by atoms with E-state index in [9.17, 15) is 0 Å². The number of hydrogen-bond acceptors (Lipinski definition) is 0. The van der Waals surface area contributed by atoms with Crippen molar-refractivity contribution in [1.82, 2.24) is 0 Å². The molecule has 0 unspecified atom stereocenters. The Morgan fingerprint density at radius 3 is 1.39 bits per heavy atom. The van der Waals surface area contributed by atoms with Gasteiger partial charge in [-0.05, 0) is 36.1 Å². The first kappa shape index (κ1) is 13.8. The molecular weight excluding hydrogens is 352 g/mol. The Kier molecular flexibility index (Phi) is 4.63. The molecule has 0 N–H and O–H groups in total. The molecule has 0 atom stereocenters. The lowest BCUT2D eigenvalue weighted by Crippen LogP contribution is -1.88. The third-order valence-electron chi connectivity index (χ3n) is 2.92. The molecule has 0 saturated heterocycles. The molecule has 0 fully saturated rings. The van der Waals surface area contributed by atoms with Crippen LogP contribution in [0.25, 0.3) is 11.1 Å². The highest BCUT2D eigenvalue weighted by Gasteiger charge is 2.03. The van der Waals surface area contributed by atoms with E-state index in [0.29, 0.717) is 0 Å². The van der Waals surface area contributed by atoms with Gasteiger partial charge in [-0.15, -0.1) is 0 Å². The van der Waals surface area contributed by atoms with Gasteiger partial charge in [0.15, 0.2) is 0 Å². The second kappa shape index (κ2) is 6.03. The van der Waals surface area contributed by atoms with E-state index in [1.807, 2.05) is 0 Å². The highest BCUT2D eigenvalue weighted by Crippen LogP contribution is 2.26. The monoisotopic (exact) mass is 366 g/mol. The van der Waals surface area contributed by atoms with Gasteiger partial charge in [-0.25, -0.2) is 0 Å². The van der Waals surface area contributed by atoms with Gasteiger partial charge in [0, 0.05) is 10.7 Å². The molecule has 0 bridgehead atoms. The zero-order valence-electron chi connectivity index (χ0n) is 10.6. The molecule has 18 heavy (non-hydrogen) atoms. The van der Waals surface area contributed by atoms with Crippen molar-refractivity contribution in [3.63, 3.8) is 0 Å². The van der Waals surface area contributed by atoms with E-state index < -0.39 is 0 Å². The van der Waals surface area contributed by atoms with Gasteiger partial charge >= 0.3 is 0 Å². The molecule has 0 amide bonds. The maximum absolute atomic E-state index is 3.53. The Morgan fingerprint density at radius 2 is 1.06 bits per heavy atom. The summed E-state index contributed by atoms with van der Waals surface area (Å²) in [4.78, 5) is 0. The molecule has 0 spiro atoms. The quantitative estimate of drug-likeness (QED) is 0.605. The molecular formula is C16H16Br2. The Bertz CT molecular complexity index is 508. The van der Waals surface area contributed by atoms with E-state index in [2.05, 4.69) is 82.1 Å². The van der Waals surface area contributed by atoms with E-state index in [-0.39, 0.29) is 0 Å². The van der Waals surface area contributed by atoms with Crippen LogP contribution in [0.2, 0.25) is 0 Å². The SMILES string of the molecule is Cc1cc(CBr)cc(-c2cc(C)cc(CBr)c2)c1. The van der Waals surface area contributed by atoms with Gasteiger partial charge in [0.25, 0.3) is 0 Å². The molecule has 0 aromatic heterocycles. The van der Waals surface area contributed by atoms with Gasteiger partial charge in [-0.2, -0.15) is 0 Å². The third kappa shape index (κ3) is 3.24. The van der Waals surface area contributed by atoms with Crippen LogP contribution >= 0.6 is 31.9 Å². The minimum absolute atomic E-state index is 0.902. The van der Waals surface area contributed by atoms with Gasteiger partial charge in [-0.1, -0.05) is 79.4 Å². The summed E-state index contributed by atoms with van der Waals surface area (Å²) in [6.45, 7) is 4.30. The maximum Gasteiger partial charge on any atom is 0.0283 e. The van der Waals surface area contributed by atoms with Crippen molar-refractivity contribution >= 4 is 31.9 Å². The number of benzene rings is 2. The molecule has 94 valence electrons. The van der Waals surface area contributed by atoms with Gasteiger partial charge in [0.1, 0.15) is 0 Å². The molecule has 0 aliphatic heterocycles. The highest BCUT2D eigenvalue weighted by molar-refractivity contribution is 9.08. The van der Waals surface area contributed by atoms with E-state index >= 15 is 0 Å². The lowest BCUT2D eigenvalue weighted by atomic mass is 9.98. The Labute approximate surface area is 126 Å². The van der Waals surface area contributed by atoms with Crippen LogP contribution in [-0.2, 0) is 10.7 Å². The van der Waals surface area contributed by atoms with E-state index in [4.69, 9.17) is 0 Å². The van der Waals surface area contributed by atoms with E-state index in [1.165, 1.54) is 33.4 Å². The molecule has 2 aromatic carbocycles. The van der Waals surface area contributed by atoms with Crippen LogP contribution in [0, 0.1) is 13.8 Å². The number of alkyl halides is 2. The zero-order valence-corrected chi connectivity index (χ0v) is 13.8. The molecule has 0 radical (unpaired) electrons. The largest absolute Gasteiger partial charge is 0.0876 e. The fourth-order valence-corrected chi connectivity index (χ4v) is 2.86. The maximum atomic E-state index is 3.53. The summed E-state index contributed by atoms with van der Waals surface area (Å²) in [6.07, 6.45) is 0. The van der Waals surface area contributed by atoms with E-state index in [0.717, 1.165) is 10.7 Å². The predicted octanol–water partition coefficient (Wildman–Crippen LogP) is 5.76. The Morgan fingerprint density at radius 1 is 0.667 bits per heavy atom. The first-order valence-corrected chi connectivity index (χ1v) is 8.20. The number of rotatable bonds is 3. The van der Waals surface area contributed by atoms with Crippen molar-refractivity contribution in [2.75, 3.05) is 0 Å². The van der Waals surface area contributed by atoms with Crippen molar-refractivity contribution in [3.8, 4) is 11.1 Å². The second-order valence-electron chi connectivity index (χ2n) is 4.68. The van der Waals surface area contributed by atoms with E-state index in [1.54, 1.807) is 0 Å². The molecule has 2 rings (SSSR count). The molecule has 0 aliphatic carbocycles. The highest BCUT2D eigenvalue weighted by atomic mass is 79.9. The van der Waals surface area contributed by atoms with Crippen LogP contribution in [0.15, 0.2) is 36.4 Å². The summed E-state index contributed by atoms with van der Waals surface area (Å²) in [5.41, 5.74) is 7.87. The first-order chi connectivity index (χ1) is 8.62. The Balaban J connectivity index is 2.53. The van der Waals surface area contributed by atoms with Crippen LogP contribution in [-0.4, -0.2) is 0 Å². The van der Waals surface area contributed by atoms with Crippen LogP contribution in [0.5, 0.6) is 0 Å². The molecule has 0 nitrogen and oxygen atoms in total. The minimum Gasteiger partial charge on any atom is -0.0876 e. The number of hydrogen-bond donors (Lipinski definition) is 0. The first-order valence-electron chi connectivity index (χ1n) is 5.96. The van der Waals surface area contributed by atoms with Crippen molar-refractivity contribution in [2.24, 2.45) is 0 Å². The Hall–Kier alpha value is -0.600. The fraction of sp³-hybridized carbons (Fsp3) is 0.250. The molecule has 0 aliphatic rings. The van der Waals surface area contributed by atoms with Gasteiger partial charge < -0.3 is 0 Å². The second-order valence-corrected chi connectivity index (χ2v) is 5.80. The predicted molar refractivity (Wildman–Crippen MR) is 86.6 cm³/mol. The van der Waals surface area contributed by atoms with Gasteiger partial charge in [-0.3, -0.25) is 0 Å². The van der Waals surface area contributed by atoms with Crippen LogP contribution in [0.4, 0.5) is 0 Å². The van der Waals surface area contributed by atoms with Gasteiger partial charge in [0.2, 0.25) is 0 Å². The fourth-order valence-electron chi connectivity index (χ4n) is 2.21. The van der Waals surface area contributed by atoms with Crippen molar-refractivity contribution in [3.05, 3.63) is 58.7 Å². The zero-order chi connectivity index (χ0) is 13.1. The van der Waals surface area contributed by atoms with Crippen molar-refractivity contribution in [1.29, 1.82) is 0 Å². The standard InChI is InChI=1S/C16H16Br2/c1-11-3-13(9-17)7-15(5-11)16-6-12(2)4-14(8-16)10-18/h3-8H,9-10H2,1-2H3. The molecule has 0 heterocycles. The summed E-state index contributed by atoms with van der Waals surface area (Å²) >= 11 is 7.07. The molecule has 2 aromatic rings. The van der Waals surface area contributed by atoms with Crippen LogP contribution in [0.1, 0.15) is 22.3 Å². The van der Waals surface area contributed by atoms with Crippen molar-refractivity contribution in [2.45, 2.75) is 24.5 Å². The summed E-state index contributed by atoms with van der Waals surface area (Å²) in [5.74, 6) is 0. The topological polar surface area (TPSA) is 0 Å².